The molecular formula is C27H39BO2Si. The van der Waals surface area contributed by atoms with Crippen LogP contribution in [0.2, 0.25) is 18.4 Å². The molecule has 2 nitrogen and oxygen atoms in total. The Morgan fingerprint density at radius 3 is 1.71 bits per heavy atom. The molecule has 0 N–H and O–H groups in total. The van der Waals surface area contributed by atoms with Crippen LogP contribution in [-0.4, -0.2) is 26.4 Å². The Hall–Kier alpha value is -1.36. The van der Waals surface area contributed by atoms with Gasteiger partial charge in [-0.1, -0.05) is 110 Å². The molecule has 2 aliphatic rings. The molecule has 2 fully saturated rings. The van der Waals surface area contributed by atoms with E-state index in [1.165, 1.54) is 48.5 Å². The van der Waals surface area contributed by atoms with Crippen molar-refractivity contribution in [3.8, 4) is 0 Å². The summed E-state index contributed by atoms with van der Waals surface area (Å²) in [5.41, 5.74) is -0.552. The minimum absolute atomic E-state index is 0.118. The first-order chi connectivity index (χ1) is 14.7. The average Bonchev–Trinajstić information content (AvgIpc) is 3.00. The van der Waals surface area contributed by atoms with Gasteiger partial charge in [-0.15, -0.1) is 0 Å². The Labute approximate surface area is 190 Å². The van der Waals surface area contributed by atoms with E-state index in [1.807, 2.05) is 0 Å². The van der Waals surface area contributed by atoms with Crippen LogP contribution in [0, 0.1) is 5.92 Å². The predicted octanol–water partition coefficient (Wildman–Crippen LogP) is 5.92. The largest absolute Gasteiger partial charge is 0.461 e. The van der Waals surface area contributed by atoms with Crippen molar-refractivity contribution in [1.82, 2.24) is 0 Å². The fourth-order valence-electron chi connectivity index (χ4n) is 5.60. The maximum absolute atomic E-state index is 6.70. The molecule has 1 unspecified atom stereocenters. The summed E-state index contributed by atoms with van der Waals surface area (Å²) in [6.45, 7) is 11.3. The van der Waals surface area contributed by atoms with Crippen LogP contribution < -0.4 is 10.4 Å². The standard InChI is InChI=1S/C27H39BO2Si/c1-26(2)27(3,4)30-28(29-26)25(22-15-9-6-10-16-22)21-31(5,23-17-11-7-12-18-23)24-19-13-8-14-20-24/h7-8,11-14,17-20,22,25H,6,9-10,15-16,21H2,1-5H3. The molecule has 2 aromatic rings. The zero-order valence-corrected chi connectivity index (χ0v) is 21.1. The van der Waals surface area contributed by atoms with Crippen LogP contribution in [0.4, 0.5) is 0 Å². The lowest BCUT2D eigenvalue weighted by atomic mass is 9.62. The Bertz CT molecular complexity index is 791. The third kappa shape index (κ3) is 4.58. The van der Waals surface area contributed by atoms with Crippen molar-refractivity contribution in [3.05, 3.63) is 60.7 Å². The Morgan fingerprint density at radius 2 is 1.26 bits per heavy atom. The minimum Gasteiger partial charge on any atom is -0.403 e. The van der Waals surface area contributed by atoms with Crippen LogP contribution in [0.5, 0.6) is 0 Å². The predicted molar refractivity (Wildman–Crippen MR) is 135 cm³/mol. The number of rotatable bonds is 6. The van der Waals surface area contributed by atoms with E-state index in [2.05, 4.69) is 94.9 Å². The maximum Gasteiger partial charge on any atom is 0.461 e. The number of benzene rings is 2. The molecule has 2 aromatic carbocycles. The Balaban J connectivity index is 1.73. The normalized spacial score (nSPS) is 22.4. The van der Waals surface area contributed by atoms with E-state index in [4.69, 9.17) is 9.31 Å². The number of hydrogen-bond donors (Lipinski definition) is 0. The van der Waals surface area contributed by atoms with Crippen LogP contribution in [0.15, 0.2) is 60.7 Å². The van der Waals surface area contributed by atoms with Gasteiger partial charge in [0.25, 0.3) is 0 Å². The summed E-state index contributed by atoms with van der Waals surface area (Å²) in [7, 11) is -2.09. The van der Waals surface area contributed by atoms with Gasteiger partial charge in [0, 0.05) is 0 Å². The smallest absolute Gasteiger partial charge is 0.403 e. The van der Waals surface area contributed by atoms with Crippen LogP contribution >= 0.6 is 0 Å². The molecule has 1 aliphatic carbocycles. The highest BCUT2D eigenvalue weighted by atomic mass is 28.3. The van der Waals surface area contributed by atoms with Crippen molar-refractivity contribution in [3.63, 3.8) is 0 Å². The Kier molecular flexibility index (Phi) is 6.54. The first-order valence-electron chi connectivity index (χ1n) is 12.2. The summed E-state index contributed by atoms with van der Waals surface area (Å²) in [5, 5.41) is 3.03. The molecule has 0 spiro atoms. The Morgan fingerprint density at radius 1 is 0.806 bits per heavy atom. The molecule has 1 saturated heterocycles. The fourth-order valence-corrected chi connectivity index (χ4v) is 9.73. The van der Waals surface area contributed by atoms with E-state index in [9.17, 15) is 0 Å². The first-order valence-corrected chi connectivity index (χ1v) is 14.9. The van der Waals surface area contributed by atoms with E-state index >= 15 is 0 Å². The van der Waals surface area contributed by atoms with Crippen molar-refractivity contribution in [2.75, 3.05) is 0 Å². The van der Waals surface area contributed by atoms with Crippen molar-refractivity contribution >= 4 is 25.6 Å². The zero-order valence-electron chi connectivity index (χ0n) is 20.1. The second kappa shape index (κ2) is 8.88. The summed E-state index contributed by atoms with van der Waals surface area (Å²) >= 11 is 0. The number of hydrogen-bond acceptors (Lipinski definition) is 2. The van der Waals surface area contributed by atoms with Crippen LogP contribution in [0.25, 0.3) is 0 Å². The molecule has 1 saturated carbocycles. The molecule has 4 rings (SSSR count). The fraction of sp³-hybridized carbons (Fsp3) is 0.556. The summed E-state index contributed by atoms with van der Waals surface area (Å²) < 4.78 is 13.4. The van der Waals surface area contributed by atoms with Gasteiger partial charge >= 0.3 is 7.12 Å². The lowest BCUT2D eigenvalue weighted by molar-refractivity contribution is 0.00578. The molecule has 31 heavy (non-hydrogen) atoms. The van der Waals surface area contributed by atoms with E-state index in [0.29, 0.717) is 11.7 Å². The summed E-state index contributed by atoms with van der Waals surface area (Å²) in [4.78, 5) is 0. The van der Waals surface area contributed by atoms with Gasteiger partial charge in [0.2, 0.25) is 0 Å². The average molecular weight is 435 g/mol. The van der Waals surface area contributed by atoms with E-state index < -0.39 is 8.07 Å². The molecule has 166 valence electrons. The van der Waals surface area contributed by atoms with E-state index in [1.54, 1.807) is 0 Å². The second-order valence-corrected chi connectivity index (χ2v) is 15.2. The van der Waals surface area contributed by atoms with Gasteiger partial charge in [0.15, 0.2) is 0 Å². The molecule has 0 amide bonds. The van der Waals surface area contributed by atoms with E-state index in [0.717, 1.165) is 0 Å². The third-order valence-electron chi connectivity index (χ3n) is 8.34. The second-order valence-electron chi connectivity index (χ2n) is 11.0. The van der Waals surface area contributed by atoms with Gasteiger partial charge in [0.1, 0.15) is 8.07 Å². The van der Waals surface area contributed by atoms with Crippen LogP contribution in [0.3, 0.4) is 0 Å². The van der Waals surface area contributed by atoms with Crippen molar-refractivity contribution < 1.29 is 9.31 Å². The van der Waals surface area contributed by atoms with Crippen molar-refractivity contribution in [2.45, 2.75) is 89.4 Å². The van der Waals surface area contributed by atoms with Gasteiger partial charge < -0.3 is 9.31 Å². The molecule has 1 aliphatic heterocycles. The molecule has 1 heterocycles. The van der Waals surface area contributed by atoms with Crippen LogP contribution in [0.1, 0.15) is 59.8 Å². The molecule has 0 bridgehead atoms. The monoisotopic (exact) mass is 434 g/mol. The maximum atomic E-state index is 6.70. The molecular weight excluding hydrogens is 395 g/mol. The molecule has 1 atom stereocenters. The lowest BCUT2D eigenvalue weighted by Gasteiger charge is -2.38. The summed E-state index contributed by atoms with van der Waals surface area (Å²) in [6.07, 6.45) is 6.68. The van der Waals surface area contributed by atoms with Crippen molar-refractivity contribution in [1.29, 1.82) is 0 Å². The SMILES string of the molecule is CC1(C)OB(C(C[Si](C)(c2ccccc2)c2ccccc2)C2CCCCC2)OC1(C)C. The van der Waals surface area contributed by atoms with Gasteiger partial charge in [-0.25, -0.2) is 0 Å². The highest BCUT2D eigenvalue weighted by Crippen LogP contribution is 2.47. The lowest BCUT2D eigenvalue weighted by Crippen LogP contribution is -2.57. The first kappa shape index (κ1) is 22.8. The van der Waals surface area contributed by atoms with Crippen LogP contribution in [-0.2, 0) is 9.31 Å². The summed E-state index contributed by atoms with van der Waals surface area (Å²) in [5.74, 6) is 1.11. The van der Waals surface area contributed by atoms with E-state index in [-0.39, 0.29) is 18.3 Å². The summed E-state index contributed by atoms with van der Waals surface area (Å²) in [6, 6.07) is 23.6. The molecule has 0 aromatic heterocycles. The highest BCUT2D eigenvalue weighted by Gasteiger charge is 2.56. The van der Waals surface area contributed by atoms with Gasteiger partial charge in [-0.3, -0.25) is 0 Å². The highest BCUT2D eigenvalue weighted by molar-refractivity contribution is 7.01. The third-order valence-corrected chi connectivity index (χ3v) is 12.8. The van der Waals surface area contributed by atoms with Crippen molar-refractivity contribution in [2.24, 2.45) is 5.92 Å². The van der Waals surface area contributed by atoms with Gasteiger partial charge in [0.05, 0.1) is 11.2 Å². The minimum atomic E-state index is -1.97. The molecule has 4 heteroatoms. The quantitative estimate of drug-likeness (QED) is 0.525. The topological polar surface area (TPSA) is 18.5 Å². The molecule has 0 radical (unpaired) electrons. The zero-order chi connectivity index (χ0) is 22.1. The van der Waals surface area contributed by atoms with Gasteiger partial charge in [-0.2, -0.15) is 0 Å². The van der Waals surface area contributed by atoms with Gasteiger partial charge in [-0.05, 0) is 45.5 Å².